The van der Waals surface area contributed by atoms with Gasteiger partial charge >= 0.3 is 0 Å². The van der Waals surface area contributed by atoms with Crippen molar-refractivity contribution in [3.63, 3.8) is 0 Å². The molecule has 1 heterocycles. The summed E-state index contributed by atoms with van der Waals surface area (Å²) in [6, 6.07) is 0.0930. The van der Waals surface area contributed by atoms with Gasteiger partial charge in [0.15, 0.2) is 0 Å². The van der Waals surface area contributed by atoms with Crippen molar-refractivity contribution in [3.05, 3.63) is 0 Å². The lowest BCUT2D eigenvalue weighted by atomic mass is 9.64. The molecule has 1 saturated heterocycles. The van der Waals surface area contributed by atoms with Crippen LogP contribution in [0.2, 0.25) is 0 Å². The van der Waals surface area contributed by atoms with E-state index in [1.54, 1.807) is 0 Å². The van der Waals surface area contributed by atoms with Crippen LogP contribution in [-0.4, -0.2) is 33.3 Å². The fourth-order valence-corrected chi connectivity index (χ4v) is 6.31. The van der Waals surface area contributed by atoms with Gasteiger partial charge in [0, 0.05) is 6.04 Å². The molecule has 0 unspecified atom stereocenters. The first-order valence-corrected chi connectivity index (χ1v) is 9.93. The molecule has 0 amide bonds. The van der Waals surface area contributed by atoms with Crippen LogP contribution in [0.15, 0.2) is 0 Å². The molecule has 0 aromatic carbocycles. The van der Waals surface area contributed by atoms with E-state index in [1.165, 1.54) is 0 Å². The summed E-state index contributed by atoms with van der Waals surface area (Å²) in [6.45, 7) is 10.9. The lowest BCUT2D eigenvalue weighted by Gasteiger charge is -2.45. The molecule has 1 aliphatic heterocycles. The summed E-state index contributed by atoms with van der Waals surface area (Å²) in [7, 11) is -3.16. The van der Waals surface area contributed by atoms with Gasteiger partial charge in [-0.15, -0.1) is 0 Å². The van der Waals surface area contributed by atoms with E-state index < -0.39 is 10.0 Å². The van der Waals surface area contributed by atoms with E-state index in [1.807, 2.05) is 0 Å². The first kappa shape index (κ1) is 17.2. The topological polar surface area (TPSA) is 58.2 Å². The summed E-state index contributed by atoms with van der Waals surface area (Å²) >= 11 is 0. The standard InChI is InChI=1S/C16H32N2O2S/c1-15(2)9-14(10-16(3,4)12-15)18-21(19,20)11-13-5-7-17-8-6-13/h13-14,17-18H,5-12H2,1-4H3. The predicted octanol–water partition coefficient (Wildman–Crippen LogP) is 2.51. The van der Waals surface area contributed by atoms with Crippen molar-refractivity contribution in [2.45, 2.75) is 65.8 Å². The summed E-state index contributed by atoms with van der Waals surface area (Å²) in [5.41, 5.74) is 0.424. The number of piperidine rings is 1. The number of hydrogen-bond acceptors (Lipinski definition) is 3. The largest absolute Gasteiger partial charge is 0.317 e. The molecule has 5 heteroatoms. The predicted molar refractivity (Wildman–Crippen MR) is 87.7 cm³/mol. The van der Waals surface area contributed by atoms with E-state index in [0.717, 1.165) is 45.2 Å². The third-order valence-electron chi connectivity index (χ3n) is 4.82. The van der Waals surface area contributed by atoms with E-state index in [2.05, 4.69) is 37.7 Å². The Kier molecular flexibility index (Phi) is 5.06. The summed E-state index contributed by atoms with van der Waals surface area (Å²) < 4.78 is 27.9. The normalized spacial score (nSPS) is 27.6. The van der Waals surface area contributed by atoms with Crippen LogP contribution in [-0.2, 0) is 10.0 Å². The zero-order valence-electron chi connectivity index (χ0n) is 14.0. The van der Waals surface area contributed by atoms with Crippen LogP contribution in [0.4, 0.5) is 0 Å². The molecule has 2 rings (SSSR count). The number of hydrogen-bond donors (Lipinski definition) is 2. The van der Waals surface area contributed by atoms with Crippen molar-refractivity contribution in [1.29, 1.82) is 0 Å². The second kappa shape index (κ2) is 6.17. The summed E-state index contributed by atoms with van der Waals surface area (Å²) in [5, 5.41) is 3.29. The Balaban J connectivity index is 1.95. The van der Waals surface area contributed by atoms with Gasteiger partial charge < -0.3 is 5.32 Å². The molecule has 0 spiro atoms. The average molecular weight is 317 g/mol. The highest BCUT2D eigenvalue weighted by atomic mass is 32.2. The first-order valence-electron chi connectivity index (χ1n) is 8.28. The third kappa shape index (κ3) is 5.53. The Labute approximate surface area is 130 Å². The Morgan fingerprint density at radius 3 is 2.10 bits per heavy atom. The van der Waals surface area contributed by atoms with Crippen LogP contribution in [0.1, 0.15) is 59.8 Å². The minimum Gasteiger partial charge on any atom is -0.317 e. The van der Waals surface area contributed by atoms with Crippen LogP contribution >= 0.6 is 0 Å². The maximum atomic E-state index is 12.5. The molecule has 21 heavy (non-hydrogen) atoms. The highest BCUT2D eigenvalue weighted by Gasteiger charge is 2.39. The quantitative estimate of drug-likeness (QED) is 0.838. The van der Waals surface area contributed by atoms with E-state index in [0.29, 0.717) is 11.7 Å². The van der Waals surface area contributed by atoms with Gasteiger partial charge in [0.25, 0.3) is 0 Å². The molecule has 0 bridgehead atoms. The minimum atomic E-state index is -3.16. The molecule has 124 valence electrons. The van der Waals surface area contributed by atoms with Crippen molar-refractivity contribution >= 4 is 10.0 Å². The molecule has 2 aliphatic rings. The van der Waals surface area contributed by atoms with Gasteiger partial charge in [0.05, 0.1) is 5.75 Å². The van der Waals surface area contributed by atoms with Gasteiger partial charge in [-0.2, -0.15) is 0 Å². The number of sulfonamides is 1. The van der Waals surface area contributed by atoms with Crippen molar-refractivity contribution in [3.8, 4) is 0 Å². The zero-order chi connectivity index (χ0) is 15.7. The van der Waals surface area contributed by atoms with Crippen molar-refractivity contribution in [1.82, 2.24) is 10.0 Å². The van der Waals surface area contributed by atoms with Crippen LogP contribution in [0.25, 0.3) is 0 Å². The lowest BCUT2D eigenvalue weighted by molar-refractivity contribution is 0.0933. The summed E-state index contributed by atoms with van der Waals surface area (Å²) in [6.07, 6.45) is 5.00. The Morgan fingerprint density at radius 2 is 1.57 bits per heavy atom. The molecule has 2 N–H and O–H groups in total. The maximum Gasteiger partial charge on any atom is 0.212 e. The van der Waals surface area contributed by atoms with Gasteiger partial charge in [-0.25, -0.2) is 13.1 Å². The van der Waals surface area contributed by atoms with Crippen LogP contribution in [0.3, 0.4) is 0 Å². The van der Waals surface area contributed by atoms with Gasteiger partial charge in [0.1, 0.15) is 0 Å². The molecule has 2 fully saturated rings. The Morgan fingerprint density at radius 1 is 1.05 bits per heavy atom. The Hall–Kier alpha value is -0.130. The molecule has 0 radical (unpaired) electrons. The molecular weight excluding hydrogens is 284 g/mol. The molecule has 4 nitrogen and oxygen atoms in total. The number of nitrogens with one attached hydrogen (secondary N) is 2. The lowest BCUT2D eigenvalue weighted by Crippen LogP contribution is -2.47. The molecule has 1 saturated carbocycles. The molecule has 0 atom stereocenters. The highest BCUT2D eigenvalue weighted by molar-refractivity contribution is 7.89. The highest BCUT2D eigenvalue weighted by Crippen LogP contribution is 2.45. The second-order valence-electron chi connectivity index (χ2n) is 8.70. The summed E-state index contributed by atoms with van der Waals surface area (Å²) in [4.78, 5) is 0. The van der Waals surface area contributed by atoms with E-state index >= 15 is 0 Å². The minimum absolute atomic E-state index is 0.0930. The van der Waals surface area contributed by atoms with Crippen molar-refractivity contribution < 1.29 is 8.42 Å². The van der Waals surface area contributed by atoms with Gasteiger partial charge in [0.2, 0.25) is 10.0 Å². The SMILES string of the molecule is CC1(C)CC(NS(=O)(=O)CC2CCNCC2)CC(C)(C)C1. The van der Waals surface area contributed by atoms with Crippen LogP contribution < -0.4 is 10.0 Å². The molecular formula is C16H32N2O2S. The number of rotatable bonds is 4. The second-order valence-corrected chi connectivity index (χ2v) is 10.5. The Bertz CT molecular complexity index is 435. The fourth-order valence-electron chi connectivity index (χ4n) is 4.59. The summed E-state index contributed by atoms with van der Waals surface area (Å²) in [5.74, 6) is 0.611. The molecule has 0 aromatic rings. The van der Waals surface area contributed by atoms with E-state index in [4.69, 9.17) is 0 Å². The average Bonchev–Trinajstić information content (AvgIpc) is 2.23. The van der Waals surface area contributed by atoms with Gasteiger partial charge in [-0.05, 0) is 61.9 Å². The zero-order valence-corrected chi connectivity index (χ0v) is 14.9. The van der Waals surface area contributed by atoms with Gasteiger partial charge in [-0.1, -0.05) is 27.7 Å². The fraction of sp³-hybridized carbons (Fsp3) is 1.00. The smallest absolute Gasteiger partial charge is 0.212 e. The molecule has 1 aliphatic carbocycles. The van der Waals surface area contributed by atoms with Crippen molar-refractivity contribution in [2.24, 2.45) is 16.7 Å². The first-order chi connectivity index (χ1) is 9.57. The maximum absolute atomic E-state index is 12.5. The molecule has 0 aromatic heterocycles. The van der Waals surface area contributed by atoms with Crippen LogP contribution in [0.5, 0.6) is 0 Å². The third-order valence-corrected chi connectivity index (χ3v) is 6.42. The van der Waals surface area contributed by atoms with E-state index in [9.17, 15) is 8.42 Å². The monoisotopic (exact) mass is 316 g/mol. The van der Waals surface area contributed by atoms with Crippen LogP contribution in [0, 0.1) is 16.7 Å². The van der Waals surface area contributed by atoms with Gasteiger partial charge in [-0.3, -0.25) is 0 Å². The van der Waals surface area contributed by atoms with E-state index in [-0.39, 0.29) is 16.9 Å². The van der Waals surface area contributed by atoms with Crippen molar-refractivity contribution in [2.75, 3.05) is 18.8 Å².